The van der Waals surface area contributed by atoms with Crippen molar-refractivity contribution in [2.45, 2.75) is 25.4 Å². The molecule has 1 aromatic rings. The van der Waals surface area contributed by atoms with Gasteiger partial charge in [-0.05, 0) is 25.0 Å². The van der Waals surface area contributed by atoms with Crippen LogP contribution >= 0.6 is 23.2 Å². The second kappa shape index (κ2) is 6.99. The third-order valence-corrected chi connectivity index (χ3v) is 5.15. The highest BCUT2D eigenvalue weighted by atomic mass is 35.5. The van der Waals surface area contributed by atoms with Crippen molar-refractivity contribution in [1.29, 1.82) is 0 Å². The molecule has 1 atom stereocenters. The van der Waals surface area contributed by atoms with E-state index in [0.717, 1.165) is 5.56 Å². The van der Waals surface area contributed by atoms with Crippen molar-refractivity contribution in [2.24, 2.45) is 16.8 Å². The molecule has 0 saturated carbocycles. The predicted octanol–water partition coefficient (Wildman–Crippen LogP) is 2.21. The van der Waals surface area contributed by atoms with E-state index in [0.29, 0.717) is 48.1 Å². The Morgan fingerprint density at radius 2 is 1.92 bits per heavy atom. The molecular formula is C16H17Cl2N3O3. The molecule has 0 spiro atoms. The highest BCUT2D eigenvalue weighted by Gasteiger charge is 2.35. The van der Waals surface area contributed by atoms with Crippen LogP contribution in [-0.2, 0) is 14.4 Å². The molecule has 0 bridgehead atoms. The first-order valence-electron chi connectivity index (χ1n) is 7.72. The van der Waals surface area contributed by atoms with E-state index in [9.17, 15) is 9.59 Å². The van der Waals surface area contributed by atoms with Crippen LogP contribution in [-0.4, -0.2) is 41.6 Å². The van der Waals surface area contributed by atoms with E-state index in [1.54, 1.807) is 23.1 Å². The molecule has 1 saturated heterocycles. The largest absolute Gasteiger partial charge is 0.382 e. The van der Waals surface area contributed by atoms with Gasteiger partial charge in [-0.2, -0.15) is 0 Å². The predicted molar refractivity (Wildman–Crippen MR) is 91.0 cm³/mol. The van der Waals surface area contributed by atoms with Crippen LogP contribution in [0.15, 0.2) is 23.4 Å². The van der Waals surface area contributed by atoms with Gasteiger partial charge in [0.1, 0.15) is 0 Å². The van der Waals surface area contributed by atoms with Crippen LogP contribution in [0.2, 0.25) is 10.0 Å². The number of piperidine rings is 1. The number of primary amides is 1. The number of benzene rings is 1. The van der Waals surface area contributed by atoms with E-state index < -0.39 is 6.10 Å². The molecule has 2 aliphatic heterocycles. The average Bonchev–Trinajstić information content (AvgIpc) is 3.07. The van der Waals surface area contributed by atoms with Gasteiger partial charge in [-0.15, -0.1) is 0 Å². The van der Waals surface area contributed by atoms with Gasteiger partial charge in [0.05, 0.1) is 15.8 Å². The number of rotatable bonds is 3. The van der Waals surface area contributed by atoms with Gasteiger partial charge >= 0.3 is 0 Å². The molecule has 0 unspecified atom stereocenters. The summed E-state index contributed by atoms with van der Waals surface area (Å²) in [6.07, 6.45) is 0.925. The summed E-state index contributed by atoms with van der Waals surface area (Å²) in [4.78, 5) is 30.7. The Kier molecular flexibility index (Phi) is 4.96. The number of carbonyl (C=O) groups excluding carboxylic acids is 2. The van der Waals surface area contributed by atoms with Gasteiger partial charge in [-0.1, -0.05) is 34.4 Å². The molecule has 0 aliphatic carbocycles. The zero-order valence-corrected chi connectivity index (χ0v) is 14.4. The summed E-state index contributed by atoms with van der Waals surface area (Å²) >= 11 is 11.9. The lowest BCUT2D eigenvalue weighted by Gasteiger charge is -2.31. The van der Waals surface area contributed by atoms with Gasteiger partial charge in [-0.25, -0.2) is 0 Å². The summed E-state index contributed by atoms with van der Waals surface area (Å²) in [7, 11) is 0. The fourth-order valence-corrected chi connectivity index (χ4v) is 3.24. The van der Waals surface area contributed by atoms with Crippen molar-refractivity contribution in [1.82, 2.24) is 4.90 Å². The molecule has 1 fully saturated rings. The third kappa shape index (κ3) is 3.49. The zero-order valence-electron chi connectivity index (χ0n) is 12.9. The minimum atomic E-state index is -0.639. The summed E-state index contributed by atoms with van der Waals surface area (Å²) < 4.78 is 0. The molecule has 2 heterocycles. The molecule has 2 N–H and O–H groups in total. The number of nitrogens with two attached hydrogens (primary N) is 1. The first-order chi connectivity index (χ1) is 11.5. The van der Waals surface area contributed by atoms with Crippen LogP contribution in [0.4, 0.5) is 0 Å². The fraction of sp³-hybridized carbons (Fsp3) is 0.438. The van der Waals surface area contributed by atoms with Gasteiger partial charge in [0.2, 0.25) is 12.0 Å². The van der Waals surface area contributed by atoms with Crippen molar-refractivity contribution < 1.29 is 14.4 Å². The number of carbonyl (C=O) groups is 2. The Morgan fingerprint density at radius 1 is 1.21 bits per heavy atom. The van der Waals surface area contributed by atoms with Gasteiger partial charge in [0.25, 0.3) is 5.91 Å². The number of nitrogens with zero attached hydrogens (tertiary/aromatic N) is 2. The topological polar surface area (TPSA) is 85.0 Å². The molecule has 2 amide bonds. The van der Waals surface area contributed by atoms with Crippen molar-refractivity contribution in [2.75, 3.05) is 13.1 Å². The van der Waals surface area contributed by atoms with E-state index >= 15 is 0 Å². The Balaban J connectivity index is 1.59. The van der Waals surface area contributed by atoms with Gasteiger partial charge in [0.15, 0.2) is 0 Å². The molecule has 3 rings (SSSR count). The molecule has 128 valence electrons. The number of halogens is 2. The van der Waals surface area contributed by atoms with E-state index in [4.69, 9.17) is 33.8 Å². The monoisotopic (exact) mass is 369 g/mol. The van der Waals surface area contributed by atoms with Gasteiger partial charge in [0, 0.05) is 31.0 Å². The zero-order chi connectivity index (χ0) is 17.3. The van der Waals surface area contributed by atoms with E-state index in [2.05, 4.69) is 5.16 Å². The molecule has 0 radical (unpaired) electrons. The second-order valence-electron chi connectivity index (χ2n) is 5.97. The molecular weight excluding hydrogens is 353 g/mol. The van der Waals surface area contributed by atoms with E-state index in [1.165, 1.54) is 0 Å². The summed E-state index contributed by atoms with van der Waals surface area (Å²) in [6.45, 7) is 1.02. The van der Waals surface area contributed by atoms with Crippen LogP contribution in [0.1, 0.15) is 24.8 Å². The molecule has 2 aliphatic rings. The Labute approximate surface area is 149 Å². The molecule has 24 heavy (non-hydrogen) atoms. The first kappa shape index (κ1) is 17.0. The Hall–Kier alpha value is -1.79. The maximum absolute atomic E-state index is 12.5. The SMILES string of the molecule is NC(=O)C1CCN(C(=O)[C@H]2CC(c3ccc(Cl)c(Cl)c3)=NO2)CC1. The normalized spacial score (nSPS) is 21.3. The Morgan fingerprint density at radius 3 is 2.54 bits per heavy atom. The number of likely N-dealkylation sites (tertiary alicyclic amines) is 1. The van der Waals surface area contributed by atoms with Crippen molar-refractivity contribution in [3.8, 4) is 0 Å². The smallest absolute Gasteiger partial charge is 0.266 e. The van der Waals surface area contributed by atoms with Crippen LogP contribution in [0, 0.1) is 5.92 Å². The number of hydrogen-bond acceptors (Lipinski definition) is 4. The highest BCUT2D eigenvalue weighted by molar-refractivity contribution is 6.42. The van der Waals surface area contributed by atoms with E-state index in [1.807, 2.05) is 0 Å². The minimum Gasteiger partial charge on any atom is -0.382 e. The molecule has 6 nitrogen and oxygen atoms in total. The lowest BCUT2D eigenvalue weighted by atomic mass is 9.95. The summed E-state index contributed by atoms with van der Waals surface area (Å²) in [5.41, 5.74) is 6.76. The molecule has 8 heteroatoms. The van der Waals surface area contributed by atoms with Crippen LogP contribution in [0.3, 0.4) is 0 Å². The second-order valence-corrected chi connectivity index (χ2v) is 6.78. The summed E-state index contributed by atoms with van der Waals surface area (Å²) in [5, 5.41) is 4.90. The summed E-state index contributed by atoms with van der Waals surface area (Å²) in [5.74, 6) is -0.567. The number of oxime groups is 1. The summed E-state index contributed by atoms with van der Waals surface area (Å²) in [6, 6.07) is 5.18. The fourth-order valence-electron chi connectivity index (χ4n) is 2.94. The standard InChI is InChI=1S/C16H17Cl2N3O3/c17-11-2-1-10(7-12(11)18)13-8-14(24-20-13)16(23)21-5-3-9(4-6-21)15(19)22/h1-2,7,9,14H,3-6,8H2,(H2,19,22)/t14-/m1/s1. The first-order valence-corrected chi connectivity index (χ1v) is 8.47. The average molecular weight is 370 g/mol. The van der Waals surface area contributed by atoms with Crippen molar-refractivity contribution >= 4 is 40.7 Å². The maximum atomic E-state index is 12.5. The van der Waals surface area contributed by atoms with Crippen molar-refractivity contribution in [3.05, 3.63) is 33.8 Å². The van der Waals surface area contributed by atoms with Crippen LogP contribution in [0.25, 0.3) is 0 Å². The number of hydrogen-bond donors (Lipinski definition) is 1. The molecule has 1 aromatic carbocycles. The van der Waals surface area contributed by atoms with Crippen LogP contribution < -0.4 is 5.73 Å². The highest BCUT2D eigenvalue weighted by Crippen LogP contribution is 2.26. The van der Waals surface area contributed by atoms with Gasteiger partial charge in [-0.3, -0.25) is 9.59 Å². The number of amides is 2. The Bertz CT molecular complexity index is 700. The maximum Gasteiger partial charge on any atom is 0.266 e. The van der Waals surface area contributed by atoms with Crippen LogP contribution in [0.5, 0.6) is 0 Å². The lowest BCUT2D eigenvalue weighted by molar-refractivity contribution is -0.144. The minimum absolute atomic E-state index is 0.114. The van der Waals surface area contributed by atoms with E-state index in [-0.39, 0.29) is 17.7 Å². The quantitative estimate of drug-likeness (QED) is 0.885. The van der Waals surface area contributed by atoms with Gasteiger partial charge < -0.3 is 15.5 Å². The molecule has 0 aromatic heterocycles. The van der Waals surface area contributed by atoms with Crippen molar-refractivity contribution in [3.63, 3.8) is 0 Å². The third-order valence-electron chi connectivity index (χ3n) is 4.41. The lowest BCUT2D eigenvalue weighted by Crippen LogP contribution is -2.45.